The fraction of sp³-hybridized carbons (Fsp3) is 0.273. The number of hydrogen-bond donors (Lipinski definition) is 1. The number of rotatable bonds is 6. The fourth-order valence-corrected chi connectivity index (χ4v) is 3.64. The van der Waals surface area contributed by atoms with Gasteiger partial charge in [0.05, 0.1) is 19.3 Å². The predicted octanol–water partition coefficient (Wildman–Crippen LogP) is 2.79. The summed E-state index contributed by atoms with van der Waals surface area (Å²) >= 11 is 0. The Labute approximate surface area is 172 Å². The maximum Gasteiger partial charge on any atom is 0.340 e. The molecule has 0 saturated carbocycles. The zero-order valence-electron chi connectivity index (χ0n) is 16.4. The first-order valence-corrected chi connectivity index (χ1v) is 9.51. The molecule has 1 amide bonds. The van der Waals surface area contributed by atoms with Crippen LogP contribution in [0.25, 0.3) is 10.9 Å². The average Bonchev–Trinajstić information content (AvgIpc) is 3.11. The highest BCUT2D eigenvalue weighted by atomic mass is 19.1. The number of hydrogen-bond acceptors (Lipinski definition) is 5. The summed E-state index contributed by atoms with van der Waals surface area (Å²) in [5.74, 6) is -0.416. The van der Waals surface area contributed by atoms with E-state index >= 15 is 0 Å². The second-order valence-corrected chi connectivity index (χ2v) is 6.94. The van der Waals surface area contributed by atoms with E-state index in [2.05, 4.69) is 5.32 Å². The Bertz CT molecular complexity index is 1110. The van der Waals surface area contributed by atoms with Gasteiger partial charge in [-0.25, -0.2) is 9.18 Å². The molecule has 0 unspecified atom stereocenters. The molecule has 30 heavy (non-hydrogen) atoms. The monoisotopic (exact) mass is 412 g/mol. The van der Waals surface area contributed by atoms with Crippen LogP contribution in [-0.4, -0.2) is 36.9 Å². The number of amides is 1. The van der Waals surface area contributed by atoms with Gasteiger partial charge in [-0.15, -0.1) is 0 Å². The third-order valence-corrected chi connectivity index (χ3v) is 4.98. The Kier molecular flexibility index (Phi) is 5.67. The maximum absolute atomic E-state index is 13.8. The molecule has 3 aromatic rings. The summed E-state index contributed by atoms with van der Waals surface area (Å²) < 4.78 is 31.1. The molecule has 0 fully saturated rings. The van der Waals surface area contributed by atoms with E-state index in [0.717, 1.165) is 10.9 Å². The van der Waals surface area contributed by atoms with Crippen LogP contribution in [0.5, 0.6) is 5.75 Å². The smallest absolute Gasteiger partial charge is 0.340 e. The Morgan fingerprint density at radius 1 is 1.27 bits per heavy atom. The van der Waals surface area contributed by atoms with Gasteiger partial charge < -0.3 is 24.1 Å². The van der Waals surface area contributed by atoms with E-state index in [0.29, 0.717) is 42.0 Å². The van der Waals surface area contributed by atoms with Crippen molar-refractivity contribution in [1.29, 1.82) is 0 Å². The van der Waals surface area contributed by atoms with Gasteiger partial charge in [-0.05, 0) is 30.2 Å². The predicted molar refractivity (Wildman–Crippen MR) is 107 cm³/mol. The van der Waals surface area contributed by atoms with Gasteiger partial charge >= 0.3 is 5.97 Å². The molecule has 156 valence electrons. The highest BCUT2D eigenvalue weighted by Gasteiger charge is 2.18. The summed E-state index contributed by atoms with van der Waals surface area (Å²) in [4.78, 5) is 24.5. The van der Waals surface area contributed by atoms with Gasteiger partial charge in [0.15, 0.2) is 6.79 Å². The third-order valence-electron chi connectivity index (χ3n) is 4.98. The van der Waals surface area contributed by atoms with Crippen molar-refractivity contribution >= 4 is 22.8 Å². The first kappa shape index (κ1) is 19.9. The number of methoxy groups -OCH3 is 1. The van der Waals surface area contributed by atoms with Crippen molar-refractivity contribution < 1.29 is 28.2 Å². The number of fused-ring (bicyclic) bond motifs is 2. The van der Waals surface area contributed by atoms with E-state index in [-0.39, 0.29) is 25.1 Å². The summed E-state index contributed by atoms with van der Waals surface area (Å²) in [5.41, 5.74) is 2.53. The van der Waals surface area contributed by atoms with E-state index in [9.17, 15) is 14.0 Å². The normalized spacial score (nSPS) is 12.9. The van der Waals surface area contributed by atoms with Crippen molar-refractivity contribution in [1.82, 2.24) is 9.88 Å². The molecular formula is C22H21FN2O5. The Balaban J connectivity index is 1.43. The van der Waals surface area contributed by atoms with Crippen LogP contribution in [0.2, 0.25) is 0 Å². The SMILES string of the molecule is COC(=O)c1cn(CC(=O)NCCc2cc(F)cc3c2OCOC3)c2ccccc12. The lowest BCUT2D eigenvalue weighted by atomic mass is 10.1. The van der Waals surface area contributed by atoms with Gasteiger partial charge in [0, 0.05) is 29.2 Å². The number of aromatic nitrogens is 1. The molecule has 0 saturated heterocycles. The number of benzene rings is 2. The molecule has 0 radical (unpaired) electrons. The molecule has 0 spiro atoms. The van der Waals surface area contributed by atoms with Gasteiger partial charge in [0.25, 0.3) is 0 Å². The molecule has 7 nitrogen and oxygen atoms in total. The van der Waals surface area contributed by atoms with Crippen LogP contribution < -0.4 is 10.1 Å². The zero-order valence-corrected chi connectivity index (χ0v) is 16.4. The van der Waals surface area contributed by atoms with Crippen LogP contribution in [0.15, 0.2) is 42.6 Å². The highest BCUT2D eigenvalue weighted by molar-refractivity contribution is 6.04. The Morgan fingerprint density at radius 3 is 2.93 bits per heavy atom. The zero-order chi connectivity index (χ0) is 21.1. The third kappa shape index (κ3) is 3.99. The first-order valence-electron chi connectivity index (χ1n) is 9.51. The lowest BCUT2D eigenvalue weighted by molar-refractivity contribution is -0.121. The summed E-state index contributed by atoms with van der Waals surface area (Å²) in [7, 11) is 1.32. The van der Waals surface area contributed by atoms with Gasteiger partial charge in [0.1, 0.15) is 18.1 Å². The topological polar surface area (TPSA) is 78.8 Å². The van der Waals surface area contributed by atoms with Crippen LogP contribution in [-0.2, 0) is 33.8 Å². The van der Waals surface area contributed by atoms with Crippen LogP contribution in [0.3, 0.4) is 0 Å². The van der Waals surface area contributed by atoms with Crippen molar-refractivity contribution in [2.75, 3.05) is 20.4 Å². The lowest BCUT2D eigenvalue weighted by Gasteiger charge is -2.21. The van der Waals surface area contributed by atoms with E-state index in [1.807, 2.05) is 24.3 Å². The molecule has 2 heterocycles. The molecule has 8 heteroatoms. The minimum atomic E-state index is -0.454. The largest absolute Gasteiger partial charge is 0.467 e. The summed E-state index contributed by atoms with van der Waals surface area (Å²) in [6, 6.07) is 10.1. The van der Waals surface area contributed by atoms with Crippen LogP contribution in [0.4, 0.5) is 4.39 Å². The van der Waals surface area contributed by atoms with Gasteiger partial charge in [-0.2, -0.15) is 0 Å². The molecule has 0 aliphatic carbocycles. The summed E-state index contributed by atoms with van der Waals surface area (Å²) in [5, 5.41) is 3.56. The molecular weight excluding hydrogens is 391 g/mol. The minimum absolute atomic E-state index is 0.0447. The van der Waals surface area contributed by atoms with Crippen molar-refractivity contribution in [3.8, 4) is 5.75 Å². The molecule has 0 bridgehead atoms. The standard InChI is InChI=1S/C22H21FN2O5/c1-28-22(27)18-10-25(19-5-3-2-4-17(18)19)11-20(26)24-7-6-14-8-16(23)9-15-12-29-13-30-21(14)15/h2-5,8-10H,6-7,11-13H2,1H3,(H,24,26). The van der Waals surface area contributed by atoms with Crippen molar-refractivity contribution in [3.05, 3.63) is 65.1 Å². The molecule has 1 aromatic heterocycles. The molecule has 1 N–H and O–H groups in total. The number of carbonyl (C=O) groups excluding carboxylic acids is 2. The van der Waals surface area contributed by atoms with Gasteiger partial charge in [0.2, 0.25) is 5.91 Å². The number of esters is 1. The second kappa shape index (κ2) is 8.54. The second-order valence-electron chi connectivity index (χ2n) is 6.94. The number of nitrogens with one attached hydrogen (secondary N) is 1. The number of para-hydroxylation sites is 1. The average molecular weight is 412 g/mol. The van der Waals surface area contributed by atoms with Crippen LogP contribution in [0, 0.1) is 5.82 Å². The van der Waals surface area contributed by atoms with Gasteiger partial charge in [-0.3, -0.25) is 4.79 Å². The summed E-state index contributed by atoms with van der Waals surface area (Å²) in [6.07, 6.45) is 2.04. The molecule has 1 aliphatic rings. The van der Waals surface area contributed by atoms with E-state index < -0.39 is 5.97 Å². The Hall–Kier alpha value is -3.39. The first-order chi connectivity index (χ1) is 14.6. The lowest BCUT2D eigenvalue weighted by Crippen LogP contribution is -2.29. The number of halogens is 1. The summed E-state index contributed by atoms with van der Waals surface area (Å²) in [6.45, 7) is 0.794. The molecule has 4 rings (SSSR count). The number of ether oxygens (including phenoxy) is 3. The molecule has 1 aliphatic heterocycles. The van der Waals surface area contributed by atoms with E-state index in [1.165, 1.54) is 19.2 Å². The van der Waals surface area contributed by atoms with E-state index in [4.69, 9.17) is 14.2 Å². The Morgan fingerprint density at radius 2 is 2.10 bits per heavy atom. The molecule has 0 atom stereocenters. The van der Waals surface area contributed by atoms with Crippen LogP contribution in [0.1, 0.15) is 21.5 Å². The maximum atomic E-state index is 13.8. The van der Waals surface area contributed by atoms with Crippen molar-refractivity contribution in [3.63, 3.8) is 0 Å². The molecule has 2 aromatic carbocycles. The van der Waals surface area contributed by atoms with Crippen LogP contribution >= 0.6 is 0 Å². The van der Waals surface area contributed by atoms with Crippen molar-refractivity contribution in [2.24, 2.45) is 0 Å². The highest BCUT2D eigenvalue weighted by Crippen LogP contribution is 2.29. The minimum Gasteiger partial charge on any atom is -0.467 e. The van der Waals surface area contributed by atoms with Crippen molar-refractivity contribution in [2.45, 2.75) is 19.6 Å². The quantitative estimate of drug-likeness (QED) is 0.630. The number of carbonyl (C=O) groups is 2. The number of nitrogens with zero attached hydrogens (tertiary/aromatic N) is 1. The van der Waals surface area contributed by atoms with E-state index in [1.54, 1.807) is 10.8 Å². The fourth-order valence-electron chi connectivity index (χ4n) is 3.64. The van der Waals surface area contributed by atoms with Gasteiger partial charge in [-0.1, -0.05) is 18.2 Å².